The lowest BCUT2D eigenvalue weighted by molar-refractivity contribution is -0.334. The molecule has 10 heteroatoms. The third kappa shape index (κ3) is 5.94. The highest BCUT2D eigenvalue weighted by molar-refractivity contribution is 4.88. The molecule has 3 saturated heterocycles. The summed E-state index contributed by atoms with van der Waals surface area (Å²) in [4.78, 5) is 0. The number of ether oxygens (including phenoxy) is 8. The van der Waals surface area contributed by atoms with E-state index in [1.54, 1.807) is 28.3 Å². The molecule has 3 aliphatic heterocycles. The first-order valence-electron chi connectivity index (χ1n) is 11.0. The topological polar surface area (TPSA) is 114 Å². The van der Waals surface area contributed by atoms with E-state index < -0.39 is 31.1 Å². The van der Waals surface area contributed by atoms with Crippen LogP contribution in [0.2, 0.25) is 0 Å². The molecule has 0 aromatic carbocycles. The van der Waals surface area contributed by atoms with Gasteiger partial charge in [0.05, 0.1) is 36.6 Å². The van der Waals surface area contributed by atoms with Crippen LogP contribution in [0.1, 0.15) is 40.0 Å². The van der Waals surface area contributed by atoms with Crippen molar-refractivity contribution in [1.29, 1.82) is 0 Å². The summed E-state index contributed by atoms with van der Waals surface area (Å²) in [5.74, 6) is 0. The monoisotopic (exact) mass is 450 g/mol. The average molecular weight is 451 g/mol. The molecular weight excluding hydrogens is 412 g/mol. The molecular formula is C21H38O10. The minimum Gasteiger partial charge on any atom is -0.388 e. The molecule has 1 unspecified atom stereocenters. The van der Waals surface area contributed by atoms with Gasteiger partial charge in [-0.1, -0.05) is 0 Å². The molecule has 0 aromatic rings. The quantitative estimate of drug-likeness (QED) is 0.570. The van der Waals surface area contributed by atoms with Crippen LogP contribution in [0.25, 0.3) is 0 Å². The maximum absolute atomic E-state index is 10.2. The molecule has 0 saturated carbocycles. The van der Waals surface area contributed by atoms with Gasteiger partial charge in [-0.2, -0.15) is 0 Å². The Morgan fingerprint density at radius 2 is 1.06 bits per heavy atom. The average Bonchev–Trinajstić information content (AvgIpc) is 2.73. The van der Waals surface area contributed by atoms with Gasteiger partial charge in [-0.3, -0.25) is 0 Å². The minimum atomic E-state index is -0.872. The standard InChI is InChI=1S/C21H38O10/c1-10-19(23)13(24-4)8-17(28-10)30-21-12(3)29-18(9-15(21)26-6)31-20-11(2)27-16(22)7-14(20)25-5/h10-23H,7-9H2,1-6H3/t10-,11-,12-,13-,14-,15+,16?,17-,18+,19+,20+,21-/m0/s1. The summed E-state index contributed by atoms with van der Waals surface area (Å²) in [5.41, 5.74) is 0. The van der Waals surface area contributed by atoms with Crippen LogP contribution in [0.3, 0.4) is 0 Å². The van der Waals surface area contributed by atoms with Gasteiger partial charge in [-0.05, 0) is 20.8 Å². The Morgan fingerprint density at radius 1 is 0.613 bits per heavy atom. The zero-order valence-corrected chi connectivity index (χ0v) is 19.2. The van der Waals surface area contributed by atoms with Crippen LogP contribution in [0.5, 0.6) is 0 Å². The van der Waals surface area contributed by atoms with Crippen molar-refractivity contribution in [2.45, 2.75) is 114 Å². The van der Waals surface area contributed by atoms with Gasteiger partial charge in [-0.25, -0.2) is 0 Å². The van der Waals surface area contributed by atoms with Crippen LogP contribution in [0.15, 0.2) is 0 Å². The third-order valence-corrected chi connectivity index (χ3v) is 6.43. The van der Waals surface area contributed by atoms with E-state index in [1.165, 1.54) is 0 Å². The zero-order chi connectivity index (χ0) is 22.7. The van der Waals surface area contributed by atoms with Crippen LogP contribution in [-0.2, 0) is 37.9 Å². The van der Waals surface area contributed by atoms with Crippen LogP contribution in [-0.4, -0.2) is 105 Å². The van der Waals surface area contributed by atoms with Crippen molar-refractivity contribution >= 4 is 0 Å². The van der Waals surface area contributed by atoms with E-state index in [9.17, 15) is 10.2 Å². The molecule has 0 spiro atoms. The van der Waals surface area contributed by atoms with Crippen LogP contribution >= 0.6 is 0 Å². The third-order valence-electron chi connectivity index (χ3n) is 6.43. The lowest BCUT2D eigenvalue weighted by Crippen LogP contribution is -2.56. The molecule has 0 radical (unpaired) electrons. The zero-order valence-electron chi connectivity index (χ0n) is 19.2. The smallest absolute Gasteiger partial charge is 0.161 e. The van der Waals surface area contributed by atoms with Crippen molar-refractivity contribution in [3.05, 3.63) is 0 Å². The van der Waals surface area contributed by atoms with Gasteiger partial charge in [0.25, 0.3) is 0 Å². The van der Waals surface area contributed by atoms with Gasteiger partial charge in [0, 0.05) is 40.6 Å². The first-order valence-corrected chi connectivity index (χ1v) is 11.0. The summed E-state index contributed by atoms with van der Waals surface area (Å²) < 4.78 is 46.4. The van der Waals surface area contributed by atoms with Crippen molar-refractivity contribution in [2.24, 2.45) is 0 Å². The molecule has 0 bridgehead atoms. The fraction of sp³-hybridized carbons (Fsp3) is 1.00. The molecule has 3 fully saturated rings. The lowest BCUT2D eigenvalue weighted by Gasteiger charge is -2.45. The van der Waals surface area contributed by atoms with Crippen LogP contribution in [0, 0.1) is 0 Å². The molecule has 3 rings (SSSR count). The number of hydrogen-bond donors (Lipinski definition) is 2. The number of aliphatic hydroxyl groups excluding tert-OH is 2. The predicted molar refractivity (Wildman–Crippen MR) is 107 cm³/mol. The van der Waals surface area contributed by atoms with Gasteiger partial charge in [0.1, 0.15) is 18.3 Å². The molecule has 182 valence electrons. The lowest BCUT2D eigenvalue weighted by atomic mass is 9.99. The summed E-state index contributed by atoms with van der Waals surface area (Å²) in [6, 6.07) is 0. The first-order chi connectivity index (χ1) is 14.8. The summed E-state index contributed by atoms with van der Waals surface area (Å²) in [5, 5.41) is 20.0. The molecule has 10 nitrogen and oxygen atoms in total. The normalized spacial score (nSPS) is 49.2. The SMILES string of the molecule is CO[C@H]1C[C@H](O[C@H]2[C@H](C)O[C@H](O[C@@H]3[C@H](C)OC(O)C[C@@H]3OC)C[C@H]2OC)O[C@@H](C)[C@H]1O. The van der Waals surface area contributed by atoms with Gasteiger partial charge in [-0.15, -0.1) is 0 Å². The molecule has 31 heavy (non-hydrogen) atoms. The molecule has 12 atom stereocenters. The van der Waals surface area contributed by atoms with E-state index in [0.29, 0.717) is 19.3 Å². The Bertz CT molecular complexity index is 550. The van der Waals surface area contributed by atoms with Crippen molar-refractivity contribution in [2.75, 3.05) is 21.3 Å². The summed E-state index contributed by atoms with van der Waals surface area (Å²) >= 11 is 0. The highest BCUT2D eigenvalue weighted by Crippen LogP contribution is 2.33. The Kier molecular flexibility index (Phi) is 9.07. The summed E-state index contributed by atoms with van der Waals surface area (Å²) in [6.07, 6.45) is -4.26. The molecule has 2 N–H and O–H groups in total. The maximum atomic E-state index is 10.2. The van der Waals surface area contributed by atoms with E-state index in [4.69, 9.17) is 37.9 Å². The fourth-order valence-electron chi connectivity index (χ4n) is 4.64. The summed E-state index contributed by atoms with van der Waals surface area (Å²) in [6.45, 7) is 5.54. The van der Waals surface area contributed by atoms with Gasteiger partial charge in [0.15, 0.2) is 18.9 Å². The van der Waals surface area contributed by atoms with Crippen molar-refractivity contribution in [3.8, 4) is 0 Å². The second-order valence-electron chi connectivity index (χ2n) is 8.56. The van der Waals surface area contributed by atoms with Crippen molar-refractivity contribution in [1.82, 2.24) is 0 Å². The molecule has 0 aromatic heterocycles. The van der Waals surface area contributed by atoms with E-state index >= 15 is 0 Å². The molecule has 3 heterocycles. The van der Waals surface area contributed by atoms with Gasteiger partial charge in [0.2, 0.25) is 0 Å². The second-order valence-corrected chi connectivity index (χ2v) is 8.56. The number of methoxy groups -OCH3 is 3. The van der Waals surface area contributed by atoms with Crippen LogP contribution in [0.4, 0.5) is 0 Å². The van der Waals surface area contributed by atoms with Crippen molar-refractivity contribution < 1.29 is 48.1 Å². The van der Waals surface area contributed by atoms with E-state index in [1.807, 2.05) is 13.8 Å². The van der Waals surface area contributed by atoms with E-state index in [2.05, 4.69) is 0 Å². The van der Waals surface area contributed by atoms with E-state index in [0.717, 1.165) is 0 Å². The molecule has 0 amide bonds. The maximum Gasteiger partial charge on any atom is 0.161 e. The van der Waals surface area contributed by atoms with Gasteiger partial charge >= 0.3 is 0 Å². The second kappa shape index (κ2) is 11.1. The first kappa shape index (κ1) is 25.2. The summed E-state index contributed by atoms with van der Waals surface area (Å²) in [7, 11) is 4.79. The van der Waals surface area contributed by atoms with Gasteiger partial charge < -0.3 is 48.1 Å². The number of hydrogen-bond acceptors (Lipinski definition) is 10. The minimum absolute atomic E-state index is 0.285. The van der Waals surface area contributed by atoms with Crippen molar-refractivity contribution in [3.63, 3.8) is 0 Å². The van der Waals surface area contributed by atoms with Crippen LogP contribution < -0.4 is 0 Å². The largest absolute Gasteiger partial charge is 0.388 e. The molecule has 3 aliphatic rings. The van der Waals surface area contributed by atoms with E-state index in [-0.39, 0.29) is 42.7 Å². The molecule has 0 aliphatic carbocycles. The Morgan fingerprint density at radius 3 is 1.61 bits per heavy atom. The Balaban J connectivity index is 1.60. The predicted octanol–water partition coefficient (Wildman–Crippen LogP) is 0.560. The number of aliphatic hydroxyl groups is 2. The highest BCUT2D eigenvalue weighted by atomic mass is 16.7. The highest BCUT2D eigenvalue weighted by Gasteiger charge is 2.45. The Hall–Kier alpha value is -0.400. The Labute approximate surface area is 184 Å². The number of rotatable bonds is 7. The fourth-order valence-corrected chi connectivity index (χ4v) is 4.64.